The Morgan fingerprint density at radius 3 is 1.46 bits per heavy atom. The fourth-order valence-electron chi connectivity index (χ4n) is 4.48. The largest absolute Gasteiger partial charge is 0.864 e. The van der Waals surface area contributed by atoms with Crippen molar-refractivity contribution in [2.45, 2.75) is 6.92 Å². The lowest BCUT2D eigenvalue weighted by Crippen LogP contribution is -2.37. The van der Waals surface area contributed by atoms with Crippen molar-refractivity contribution in [3.63, 3.8) is 0 Å². The maximum Gasteiger partial charge on any atom is 0.864 e. The molecule has 0 N–H and O–H groups in total. The van der Waals surface area contributed by atoms with Crippen LogP contribution >= 0.6 is 0 Å². The molecular weight excluding hydrogens is 431 g/mol. The lowest BCUT2D eigenvalue weighted by molar-refractivity contribution is 0.311. The molecule has 0 bridgehead atoms. The Hall–Kier alpha value is -4.44. The summed E-state index contributed by atoms with van der Waals surface area (Å²) in [7, 11) is -1.00. The molecule has 4 heteroatoms. The number of hydrogen-bond acceptors (Lipinski definition) is 3. The molecule has 0 aromatic heterocycles. The molecule has 0 radical (unpaired) electrons. The number of rotatable bonds is 6. The topological polar surface area (TPSA) is 27.7 Å². The summed E-state index contributed by atoms with van der Waals surface area (Å²) in [6.45, 7) is 2.04. The van der Waals surface area contributed by atoms with E-state index in [9.17, 15) is 0 Å². The van der Waals surface area contributed by atoms with Crippen LogP contribution in [0.4, 0.5) is 0 Å². The van der Waals surface area contributed by atoms with Crippen molar-refractivity contribution >= 4 is 39.6 Å². The first-order valence-electron chi connectivity index (χ1n) is 11.7. The van der Waals surface area contributed by atoms with Crippen LogP contribution in [0.5, 0.6) is 17.2 Å². The zero-order valence-electron chi connectivity index (χ0n) is 19.3. The lowest BCUT2D eigenvalue weighted by atomic mass is 10.0. The van der Waals surface area contributed by atoms with Crippen molar-refractivity contribution in [2.24, 2.45) is 0 Å². The third-order valence-corrected chi connectivity index (χ3v) is 6.24. The number of benzene rings is 6. The van der Waals surface area contributed by atoms with Gasteiger partial charge in [-0.3, -0.25) is 0 Å². The van der Waals surface area contributed by atoms with E-state index < -0.39 is 7.32 Å². The fraction of sp³-hybridized carbons (Fsp3) is 0.0323. The molecule has 0 unspecified atom stereocenters. The van der Waals surface area contributed by atoms with Crippen molar-refractivity contribution in [2.75, 3.05) is 0 Å². The molecule has 0 heterocycles. The molecule has 0 aliphatic heterocycles. The van der Waals surface area contributed by atoms with E-state index in [0.717, 1.165) is 43.6 Å². The minimum absolute atomic E-state index is 0.700. The van der Waals surface area contributed by atoms with Crippen molar-refractivity contribution in [3.8, 4) is 17.2 Å². The van der Waals surface area contributed by atoms with Gasteiger partial charge in [-0.05, 0) is 40.8 Å². The maximum atomic E-state index is 6.52. The smallest absolute Gasteiger partial charge is 0.489 e. The third kappa shape index (κ3) is 4.15. The summed E-state index contributed by atoms with van der Waals surface area (Å²) in [5, 5.41) is 6.30. The zero-order valence-corrected chi connectivity index (χ0v) is 19.3. The van der Waals surface area contributed by atoms with Gasteiger partial charge in [0, 0.05) is 16.2 Å². The second kappa shape index (κ2) is 9.07. The normalized spacial score (nSPS) is 11.0. The van der Waals surface area contributed by atoms with Gasteiger partial charge in [-0.25, -0.2) is 0 Å². The van der Waals surface area contributed by atoms with E-state index >= 15 is 0 Å². The molecule has 0 saturated carbocycles. The van der Waals surface area contributed by atoms with E-state index in [2.05, 4.69) is 48.5 Å². The fourth-order valence-corrected chi connectivity index (χ4v) is 4.48. The average molecular weight is 454 g/mol. The molecule has 0 fully saturated rings. The molecule has 0 aliphatic carbocycles. The van der Waals surface area contributed by atoms with Crippen LogP contribution in [0.3, 0.4) is 0 Å². The van der Waals surface area contributed by atoms with Crippen LogP contribution in [0.1, 0.15) is 5.56 Å². The summed E-state index contributed by atoms with van der Waals surface area (Å²) in [6, 6.07) is 40.6. The van der Waals surface area contributed by atoms with Gasteiger partial charge in [-0.2, -0.15) is 0 Å². The predicted molar refractivity (Wildman–Crippen MR) is 144 cm³/mol. The van der Waals surface area contributed by atoms with Crippen LogP contribution < -0.4 is 14.0 Å². The maximum absolute atomic E-state index is 6.52. The first-order chi connectivity index (χ1) is 17.3. The van der Waals surface area contributed by atoms with Gasteiger partial charge in [0.2, 0.25) is 0 Å². The molecular formula is C31H23BO3. The predicted octanol–water partition coefficient (Wildman–Crippen LogP) is 7.98. The minimum atomic E-state index is -1.00. The van der Waals surface area contributed by atoms with Crippen LogP contribution in [0.15, 0.2) is 121 Å². The Morgan fingerprint density at radius 2 is 0.886 bits per heavy atom. The standard InChI is InChI=1S/C31H23BO3/c1-22-20-21-25-12-4-7-17-28(25)31(22)35-32(33-29-18-8-13-23-10-2-5-15-26(23)29)34-30-19-9-14-24-11-3-6-16-27(24)30/h2-21H,1H3. The zero-order chi connectivity index (χ0) is 23.6. The van der Waals surface area contributed by atoms with E-state index in [-0.39, 0.29) is 0 Å². The van der Waals surface area contributed by atoms with E-state index in [4.69, 9.17) is 14.0 Å². The Balaban J connectivity index is 1.44. The second-order valence-corrected chi connectivity index (χ2v) is 8.53. The van der Waals surface area contributed by atoms with E-state index in [1.807, 2.05) is 79.7 Å². The Labute approximate surface area is 204 Å². The summed E-state index contributed by atoms with van der Waals surface area (Å²) in [5.74, 6) is 2.14. The molecule has 0 atom stereocenters. The SMILES string of the molecule is Cc1ccc2ccccc2c1OB(Oc1cccc2ccccc12)Oc1cccc2ccccc12. The molecule has 0 aliphatic rings. The van der Waals surface area contributed by atoms with Gasteiger partial charge in [-0.15, -0.1) is 0 Å². The van der Waals surface area contributed by atoms with Crippen LogP contribution in [0, 0.1) is 6.92 Å². The van der Waals surface area contributed by atoms with Gasteiger partial charge >= 0.3 is 7.32 Å². The molecule has 0 amide bonds. The molecule has 6 rings (SSSR count). The van der Waals surface area contributed by atoms with Gasteiger partial charge < -0.3 is 14.0 Å². The van der Waals surface area contributed by atoms with Crippen LogP contribution in [0.2, 0.25) is 0 Å². The number of aryl methyl sites for hydroxylation is 1. The summed E-state index contributed by atoms with van der Waals surface area (Å²) in [5.41, 5.74) is 1.01. The van der Waals surface area contributed by atoms with Crippen molar-refractivity contribution in [3.05, 3.63) is 127 Å². The van der Waals surface area contributed by atoms with Gasteiger partial charge in [0.15, 0.2) is 0 Å². The van der Waals surface area contributed by atoms with Crippen molar-refractivity contribution < 1.29 is 14.0 Å². The molecule has 0 saturated heterocycles. The van der Waals surface area contributed by atoms with Gasteiger partial charge in [0.25, 0.3) is 0 Å². The molecule has 168 valence electrons. The van der Waals surface area contributed by atoms with Crippen LogP contribution in [0.25, 0.3) is 32.3 Å². The lowest BCUT2D eigenvalue weighted by Gasteiger charge is -2.20. The van der Waals surface area contributed by atoms with Crippen LogP contribution in [-0.4, -0.2) is 7.32 Å². The highest BCUT2D eigenvalue weighted by Crippen LogP contribution is 2.33. The second-order valence-electron chi connectivity index (χ2n) is 8.53. The Bertz CT molecular complexity index is 1570. The van der Waals surface area contributed by atoms with Crippen molar-refractivity contribution in [1.82, 2.24) is 0 Å². The molecule has 0 spiro atoms. The average Bonchev–Trinajstić information content (AvgIpc) is 2.91. The van der Waals surface area contributed by atoms with E-state index in [1.54, 1.807) is 0 Å². The van der Waals surface area contributed by atoms with Gasteiger partial charge in [0.05, 0.1) is 0 Å². The molecule has 6 aromatic rings. The molecule has 6 aromatic carbocycles. The highest BCUT2D eigenvalue weighted by Gasteiger charge is 2.32. The first-order valence-corrected chi connectivity index (χ1v) is 11.7. The third-order valence-electron chi connectivity index (χ3n) is 6.24. The summed E-state index contributed by atoms with van der Waals surface area (Å²) in [6.07, 6.45) is 0. The summed E-state index contributed by atoms with van der Waals surface area (Å²) in [4.78, 5) is 0. The van der Waals surface area contributed by atoms with E-state index in [1.165, 1.54) is 0 Å². The quantitative estimate of drug-likeness (QED) is 0.239. The number of hydrogen-bond donors (Lipinski definition) is 0. The number of fused-ring (bicyclic) bond motifs is 3. The van der Waals surface area contributed by atoms with Crippen LogP contribution in [-0.2, 0) is 0 Å². The van der Waals surface area contributed by atoms with Crippen molar-refractivity contribution in [1.29, 1.82) is 0 Å². The Kier molecular flexibility index (Phi) is 5.48. The summed E-state index contributed by atoms with van der Waals surface area (Å²) < 4.78 is 19.4. The monoisotopic (exact) mass is 454 g/mol. The highest BCUT2D eigenvalue weighted by atomic mass is 16.7. The minimum Gasteiger partial charge on any atom is -0.489 e. The van der Waals surface area contributed by atoms with Gasteiger partial charge in [-0.1, -0.05) is 109 Å². The Morgan fingerprint density at radius 1 is 0.429 bits per heavy atom. The highest BCUT2D eigenvalue weighted by molar-refractivity contribution is 6.40. The van der Waals surface area contributed by atoms with E-state index in [0.29, 0.717) is 11.5 Å². The van der Waals surface area contributed by atoms with Gasteiger partial charge in [0.1, 0.15) is 17.2 Å². The summed E-state index contributed by atoms with van der Waals surface area (Å²) >= 11 is 0. The molecule has 3 nitrogen and oxygen atoms in total. The molecule has 35 heavy (non-hydrogen) atoms. The first kappa shape index (κ1) is 21.1.